The average Bonchev–Trinajstić information content (AvgIpc) is 3.20. The minimum absolute atomic E-state index is 0.0642. The molecule has 1 N–H and O–H groups in total. The van der Waals surface area contributed by atoms with Crippen LogP contribution in [-0.2, 0) is 19.1 Å². The van der Waals surface area contributed by atoms with E-state index in [4.69, 9.17) is 9.02 Å². The third-order valence-corrected chi connectivity index (χ3v) is 10.7. The van der Waals surface area contributed by atoms with Gasteiger partial charge in [-0.3, -0.25) is 9.02 Å². The Morgan fingerprint density at radius 2 is 1.85 bits per heavy atom. The molecule has 7 atom stereocenters. The van der Waals surface area contributed by atoms with Gasteiger partial charge in [-0.25, -0.2) is 0 Å². The Bertz CT molecular complexity index is 962. The molecule has 0 aromatic heterocycles. The number of rotatable bonds is 7. The van der Waals surface area contributed by atoms with Crippen LogP contribution in [0, 0.1) is 36.0 Å². The van der Waals surface area contributed by atoms with Crippen LogP contribution in [-0.4, -0.2) is 50.0 Å². The van der Waals surface area contributed by atoms with Gasteiger partial charge in [0.1, 0.15) is 0 Å². The van der Waals surface area contributed by atoms with Gasteiger partial charge in [-0.2, -0.15) is 13.5 Å². The maximum Gasteiger partial charge on any atom is 0.296 e. The maximum absolute atomic E-state index is 12.9. The zero-order valence-electron chi connectivity index (χ0n) is 21.7. The molecule has 1 saturated heterocycles. The van der Waals surface area contributed by atoms with E-state index < -0.39 is 15.7 Å². The maximum atomic E-state index is 12.9. The summed E-state index contributed by atoms with van der Waals surface area (Å²) in [5.41, 5.74) is 0.671. The lowest BCUT2D eigenvalue weighted by molar-refractivity contribution is -0.181. The molecule has 1 aromatic carbocycles. The van der Waals surface area contributed by atoms with Crippen LogP contribution < -0.4 is 0 Å². The lowest BCUT2D eigenvalue weighted by Crippen LogP contribution is -2.43. The van der Waals surface area contributed by atoms with E-state index in [9.17, 15) is 13.5 Å². The SMILES string of the molecule is Cc1ccc(S(=O)(=O)OC[C@H]2[C@H](C[C@@H](C)[C@H]3CC[C@H]4[C@@H](O)CCC[C@]34C)N(C)OC2(C)C)cc1. The Morgan fingerprint density at radius 3 is 2.53 bits per heavy atom. The molecular weight excluding hydrogens is 450 g/mol. The van der Waals surface area contributed by atoms with Gasteiger partial charge in [0.25, 0.3) is 10.1 Å². The van der Waals surface area contributed by atoms with Crippen molar-refractivity contribution in [1.29, 1.82) is 0 Å². The predicted molar refractivity (Wildman–Crippen MR) is 132 cm³/mol. The highest BCUT2D eigenvalue weighted by Crippen LogP contribution is 2.58. The molecule has 1 heterocycles. The molecule has 6 nitrogen and oxygen atoms in total. The van der Waals surface area contributed by atoms with Crippen LogP contribution in [0.5, 0.6) is 0 Å². The van der Waals surface area contributed by atoms with Crippen molar-refractivity contribution in [3.05, 3.63) is 29.8 Å². The van der Waals surface area contributed by atoms with Gasteiger partial charge in [-0.05, 0) is 88.2 Å². The first-order valence-electron chi connectivity index (χ1n) is 12.9. The number of aryl methyl sites for hydroxylation is 1. The van der Waals surface area contributed by atoms with Crippen molar-refractivity contribution < 1.29 is 22.5 Å². The van der Waals surface area contributed by atoms with Crippen LogP contribution in [0.15, 0.2) is 29.2 Å². The molecule has 3 aliphatic rings. The fraction of sp³-hybridized carbons (Fsp3) is 0.778. The van der Waals surface area contributed by atoms with Crippen molar-refractivity contribution in [2.45, 2.75) is 95.8 Å². The van der Waals surface area contributed by atoms with Crippen LogP contribution >= 0.6 is 0 Å². The topological polar surface area (TPSA) is 76.1 Å². The summed E-state index contributed by atoms with van der Waals surface area (Å²) >= 11 is 0. The van der Waals surface area contributed by atoms with Gasteiger partial charge in [0.2, 0.25) is 0 Å². The first-order valence-corrected chi connectivity index (χ1v) is 14.3. The molecule has 0 radical (unpaired) electrons. The number of fused-ring (bicyclic) bond motifs is 1. The number of hydroxylamine groups is 2. The van der Waals surface area contributed by atoms with Crippen molar-refractivity contribution >= 4 is 10.1 Å². The predicted octanol–water partition coefficient (Wildman–Crippen LogP) is 4.94. The van der Waals surface area contributed by atoms with E-state index in [1.165, 1.54) is 6.42 Å². The van der Waals surface area contributed by atoms with Crippen molar-refractivity contribution in [3.63, 3.8) is 0 Å². The fourth-order valence-electron chi connectivity index (χ4n) is 7.45. The second kappa shape index (κ2) is 9.47. The Morgan fingerprint density at radius 1 is 1.18 bits per heavy atom. The molecule has 34 heavy (non-hydrogen) atoms. The van der Waals surface area contributed by atoms with E-state index >= 15 is 0 Å². The average molecular weight is 494 g/mol. The van der Waals surface area contributed by atoms with Gasteiger partial charge in [0.05, 0.1) is 23.2 Å². The molecule has 2 aliphatic carbocycles. The van der Waals surface area contributed by atoms with E-state index in [1.807, 2.05) is 32.9 Å². The zero-order chi connectivity index (χ0) is 24.9. The highest BCUT2D eigenvalue weighted by atomic mass is 32.2. The summed E-state index contributed by atoms with van der Waals surface area (Å²) in [5, 5.41) is 12.6. The second-order valence-corrected chi connectivity index (χ2v) is 13.6. The fourth-order valence-corrected chi connectivity index (χ4v) is 8.38. The minimum atomic E-state index is -3.83. The molecular formula is C27H43NO5S. The van der Waals surface area contributed by atoms with Gasteiger partial charge in [-0.15, -0.1) is 0 Å². The largest absolute Gasteiger partial charge is 0.393 e. The summed E-state index contributed by atoms with van der Waals surface area (Å²) in [4.78, 5) is 6.38. The Kier molecular flexibility index (Phi) is 7.27. The molecule has 192 valence electrons. The molecule has 0 bridgehead atoms. The van der Waals surface area contributed by atoms with Crippen molar-refractivity contribution in [2.75, 3.05) is 13.7 Å². The van der Waals surface area contributed by atoms with Crippen LogP contribution in [0.2, 0.25) is 0 Å². The molecule has 7 heteroatoms. The lowest BCUT2D eigenvalue weighted by atomic mass is 9.61. The van der Waals surface area contributed by atoms with Crippen LogP contribution in [0.3, 0.4) is 0 Å². The standard InChI is InChI=1S/C27H43NO5S/c1-18-9-11-20(12-10-18)34(30,31)32-17-23-24(28(6)33-26(23,3)4)16-19(2)21-13-14-22-25(29)8-7-15-27(21,22)5/h9-12,19,21-25,29H,7-8,13-17H2,1-6H3/t19-,21-,22+,23+,24+,25+,27-/m1/s1. The third-order valence-electron chi connectivity index (χ3n) is 9.38. The normalized spacial score (nSPS) is 37.0. The van der Waals surface area contributed by atoms with Gasteiger partial charge >= 0.3 is 0 Å². The number of aliphatic hydroxyl groups excluding tert-OH is 1. The Hall–Kier alpha value is -0.990. The van der Waals surface area contributed by atoms with Gasteiger partial charge < -0.3 is 5.11 Å². The summed E-state index contributed by atoms with van der Waals surface area (Å²) in [6, 6.07) is 6.84. The summed E-state index contributed by atoms with van der Waals surface area (Å²) < 4.78 is 31.3. The molecule has 4 rings (SSSR count). The van der Waals surface area contributed by atoms with E-state index in [-0.39, 0.29) is 35.0 Å². The quantitative estimate of drug-likeness (QED) is 0.542. The summed E-state index contributed by atoms with van der Waals surface area (Å²) in [5.74, 6) is 1.33. The van der Waals surface area contributed by atoms with E-state index in [0.717, 1.165) is 37.7 Å². The third kappa shape index (κ3) is 4.83. The van der Waals surface area contributed by atoms with Crippen LogP contribution in [0.4, 0.5) is 0 Å². The van der Waals surface area contributed by atoms with E-state index in [2.05, 4.69) is 13.8 Å². The second-order valence-electron chi connectivity index (χ2n) is 11.9. The van der Waals surface area contributed by atoms with Crippen molar-refractivity contribution in [1.82, 2.24) is 5.06 Å². The van der Waals surface area contributed by atoms with E-state index in [1.54, 1.807) is 24.3 Å². The first kappa shape index (κ1) is 26.1. The Balaban J connectivity index is 1.47. The monoisotopic (exact) mass is 493 g/mol. The summed E-state index contributed by atoms with van der Waals surface area (Å²) in [6.07, 6.45) is 6.24. The number of nitrogens with zero attached hydrogens (tertiary/aromatic N) is 1. The Labute approximate surface area is 206 Å². The molecule has 0 unspecified atom stereocenters. The number of aliphatic hydroxyl groups is 1. The number of hydrogen-bond donors (Lipinski definition) is 1. The first-order chi connectivity index (χ1) is 15.8. The number of hydrogen-bond acceptors (Lipinski definition) is 6. The van der Waals surface area contributed by atoms with Crippen LogP contribution in [0.1, 0.15) is 71.8 Å². The molecule has 0 amide bonds. The minimum Gasteiger partial charge on any atom is -0.393 e. The lowest BCUT2D eigenvalue weighted by Gasteiger charge is -2.45. The molecule has 1 aliphatic heterocycles. The van der Waals surface area contributed by atoms with Gasteiger partial charge in [-0.1, -0.05) is 38.0 Å². The summed E-state index contributed by atoms with van der Waals surface area (Å²) in [7, 11) is -1.88. The van der Waals surface area contributed by atoms with Crippen molar-refractivity contribution in [3.8, 4) is 0 Å². The van der Waals surface area contributed by atoms with E-state index in [0.29, 0.717) is 17.8 Å². The highest BCUT2D eigenvalue weighted by Gasteiger charge is 2.54. The van der Waals surface area contributed by atoms with Crippen molar-refractivity contribution in [2.24, 2.45) is 29.1 Å². The zero-order valence-corrected chi connectivity index (χ0v) is 22.5. The number of benzene rings is 1. The molecule has 1 aromatic rings. The molecule has 3 fully saturated rings. The van der Waals surface area contributed by atoms with Crippen LogP contribution in [0.25, 0.3) is 0 Å². The highest BCUT2D eigenvalue weighted by molar-refractivity contribution is 7.86. The molecule has 0 spiro atoms. The van der Waals surface area contributed by atoms with Gasteiger partial charge in [0.15, 0.2) is 0 Å². The molecule has 2 saturated carbocycles. The summed E-state index contributed by atoms with van der Waals surface area (Å²) in [6.45, 7) is 10.8. The smallest absolute Gasteiger partial charge is 0.296 e. The van der Waals surface area contributed by atoms with Gasteiger partial charge in [0, 0.05) is 19.0 Å².